The topological polar surface area (TPSA) is 97.1 Å². The summed E-state index contributed by atoms with van der Waals surface area (Å²) in [5.41, 5.74) is 6.71. The summed E-state index contributed by atoms with van der Waals surface area (Å²) in [6, 6.07) is 16.5. The largest absolute Gasteiger partial charge is 0.497 e. The van der Waals surface area contributed by atoms with Crippen LogP contribution in [0.25, 0.3) is 0 Å². The Kier molecular flexibility index (Phi) is 6.99. The van der Waals surface area contributed by atoms with E-state index in [-0.39, 0.29) is 6.42 Å². The molecule has 7 heteroatoms. The lowest BCUT2D eigenvalue weighted by molar-refractivity contribution is -0.169. The molecule has 0 saturated carbocycles. The van der Waals surface area contributed by atoms with Crippen LogP contribution in [0, 0.1) is 0 Å². The van der Waals surface area contributed by atoms with E-state index in [2.05, 4.69) is 4.74 Å². The van der Waals surface area contributed by atoms with Crippen LogP contribution in [0.5, 0.6) is 11.5 Å². The summed E-state index contributed by atoms with van der Waals surface area (Å²) < 4.78 is 20.4. The molecule has 2 rings (SSSR count). The number of carbonyl (C=O) groups is 2. The fourth-order valence-corrected chi connectivity index (χ4v) is 2.29. The maximum absolute atomic E-state index is 11.5. The molecule has 0 fully saturated rings. The quantitative estimate of drug-likeness (QED) is 0.460. The smallest absolute Gasteiger partial charge is 0.419 e. The number of esters is 2. The maximum Gasteiger partial charge on any atom is 0.419 e. The van der Waals surface area contributed by atoms with Crippen molar-refractivity contribution in [2.45, 2.75) is 18.8 Å². The van der Waals surface area contributed by atoms with Gasteiger partial charge in [0.25, 0.3) is 0 Å². The average molecular weight is 359 g/mol. The second-order valence-corrected chi connectivity index (χ2v) is 5.37. The Morgan fingerprint density at radius 3 is 2.31 bits per heavy atom. The molecule has 0 amide bonds. The van der Waals surface area contributed by atoms with Crippen molar-refractivity contribution >= 4 is 11.9 Å². The molecular weight excluding hydrogens is 338 g/mol. The van der Waals surface area contributed by atoms with Gasteiger partial charge < -0.3 is 18.9 Å². The van der Waals surface area contributed by atoms with Crippen LogP contribution in [0.15, 0.2) is 54.6 Å². The second kappa shape index (κ2) is 9.43. The first-order chi connectivity index (χ1) is 12.5. The molecule has 138 valence electrons. The molecule has 2 unspecified atom stereocenters. The zero-order chi connectivity index (χ0) is 18.9. The number of benzene rings is 2. The van der Waals surface area contributed by atoms with Crippen molar-refractivity contribution in [3.63, 3.8) is 0 Å². The van der Waals surface area contributed by atoms with Crippen LogP contribution in [0.2, 0.25) is 0 Å². The molecule has 2 aromatic carbocycles. The molecule has 2 atom stereocenters. The number of methoxy groups -OCH3 is 2. The van der Waals surface area contributed by atoms with Gasteiger partial charge in [0, 0.05) is 12.5 Å². The lowest BCUT2D eigenvalue weighted by atomic mass is 10.1. The van der Waals surface area contributed by atoms with E-state index in [9.17, 15) is 9.59 Å². The Balaban J connectivity index is 2.14. The van der Waals surface area contributed by atoms with Crippen LogP contribution in [0.3, 0.4) is 0 Å². The van der Waals surface area contributed by atoms with Crippen LogP contribution >= 0.6 is 0 Å². The number of rotatable bonds is 7. The van der Waals surface area contributed by atoms with E-state index in [0.29, 0.717) is 11.5 Å². The monoisotopic (exact) mass is 359 g/mol. The van der Waals surface area contributed by atoms with E-state index in [1.807, 2.05) is 30.3 Å². The minimum absolute atomic E-state index is 0.143. The average Bonchev–Trinajstić information content (AvgIpc) is 2.67. The summed E-state index contributed by atoms with van der Waals surface area (Å²) in [6.45, 7) is 0. The highest BCUT2D eigenvalue weighted by Crippen LogP contribution is 2.28. The van der Waals surface area contributed by atoms with Crippen molar-refractivity contribution < 1.29 is 28.5 Å². The van der Waals surface area contributed by atoms with Gasteiger partial charge in [0.1, 0.15) is 17.6 Å². The van der Waals surface area contributed by atoms with Gasteiger partial charge in [0.15, 0.2) is 6.23 Å². The van der Waals surface area contributed by atoms with E-state index in [4.69, 9.17) is 19.9 Å². The number of carbonyl (C=O) groups excluding carboxylic acids is 2. The molecule has 0 spiro atoms. The summed E-state index contributed by atoms with van der Waals surface area (Å²) >= 11 is 0. The van der Waals surface area contributed by atoms with Crippen molar-refractivity contribution in [3.8, 4) is 11.5 Å². The van der Waals surface area contributed by atoms with Gasteiger partial charge in [-0.2, -0.15) is 0 Å². The third-order valence-corrected chi connectivity index (χ3v) is 3.55. The van der Waals surface area contributed by atoms with Gasteiger partial charge in [-0.15, -0.1) is 0 Å². The van der Waals surface area contributed by atoms with Crippen LogP contribution < -0.4 is 15.2 Å². The Labute approximate surface area is 151 Å². The van der Waals surface area contributed by atoms with Gasteiger partial charge >= 0.3 is 11.9 Å². The Hall–Kier alpha value is -3.06. The summed E-state index contributed by atoms with van der Waals surface area (Å²) in [5, 5.41) is 0. The van der Waals surface area contributed by atoms with E-state index in [0.717, 1.165) is 12.7 Å². The molecule has 2 N–H and O–H groups in total. The first-order valence-electron chi connectivity index (χ1n) is 7.93. The fourth-order valence-electron chi connectivity index (χ4n) is 2.29. The molecule has 0 aliphatic carbocycles. The molecule has 26 heavy (non-hydrogen) atoms. The highest BCUT2D eigenvalue weighted by molar-refractivity contribution is 6.29. The standard InChI is InChI=1S/C19H21NO6/c1-23-14-9-6-10-15(11-14)25-16(13-7-4-3-5-8-13)12-17(20)26-19(22)18(21)24-2/h3-11,16-17H,12,20H2,1-2H3. The predicted molar refractivity (Wildman–Crippen MR) is 93.5 cm³/mol. The maximum atomic E-state index is 11.5. The molecule has 7 nitrogen and oxygen atoms in total. The highest BCUT2D eigenvalue weighted by atomic mass is 16.6. The molecule has 2 aromatic rings. The molecular formula is C19H21NO6. The van der Waals surface area contributed by atoms with Crippen molar-refractivity contribution in [3.05, 3.63) is 60.2 Å². The SMILES string of the molecule is COC(=O)C(=O)OC(N)CC(Oc1cccc(OC)c1)c1ccccc1. The first kappa shape index (κ1) is 19.3. The Morgan fingerprint density at radius 2 is 1.65 bits per heavy atom. The van der Waals surface area contributed by atoms with E-state index < -0.39 is 24.3 Å². The minimum Gasteiger partial charge on any atom is -0.497 e. The molecule has 0 aromatic heterocycles. The van der Waals surface area contributed by atoms with Crippen molar-refractivity contribution in [2.24, 2.45) is 5.73 Å². The van der Waals surface area contributed by atoms with Crippen LogP contribution in [0.4, 0.5) is 0 Å². The molecule has 0 aliphatic heterocycles. The normalized spacial score (nSPS) is 12.6. The third kappa shape index (κ3) is 5.49. The van der Waals surface area contributed by atoms with Gasteiger partial charge in [-0.25, -0.2) is 9.59 Å². The molecule has 0 heterocycles. The van der Waals surface area contributed by atoms with E-state index >= 15 is 0 Å². The van der Waals surface area contributed by atoms with Crippen LogP contribution in [-0.4, -0.2) is 32.4 Å². The van der Waals surface area contributed by atoms with Crippen molar-refractivity contribution in [2.75, 3.05) is 14.2 Å². The minimum atomic E-state index is -1.15. The molecule has 0 saturated heterocycles. The molecule has 0 bridgehead atoms. The fraction of sp³-hybridized carbons (Fsp3) is 0.263. The Morgan fingerprint density at radius 1 is 0.962 bits per heavy atom. The summed E-state index contributed by atoms with van der Waals surface area (Å²) in [4.78, 5) is 22.7. The Bertz CT molecular complexity index is 734. The first-order valence-corrected chi connectivity index (χ1v) is 7.93. The van der Waals surface area contributed by atoms with Gasteiger partial charge in [-0.3, -0.25) is 5.73 Å². The lowest BCUT2D eigenvalue weighted by Gasteiger charge is -2.23. The zero-order valence-corrected chi connectivity index (χ0v) is 14.6. The lowest BCUT2D eigenvalue weighted by Crippen LogP contribution is -2.33. The zero-order valence-electron chi connectivity index (χ0n) is 14.6. The van der Waals surface area contributed by atoms with Crippen LogP contribution in [-0.2, 0) is 19.1 Å². The molecule has 0 radical (unpaired) electrons. The van der Waals surface area contributed by atoms with Crippen molar-refractivity contribution in [1.29, 1.82) is 0 Å². The van der Waals surface area contributed by atoms with Crippen molar-refractivity contribution in [1.82, 2.24) is 0 Å². The van der Waals surface area contributed by atoms with Gasteiger partial charge in [0.2, 0.25) is 0 Å². The number of hydrogen-bond acceptors (Lipinski definition) is 7. The van der Waals surface area contributed by atoms with Gasteiger partial charge in [-0.05, 0) is 17.7 Å². The number of hydrogen-bond donors (Lipinski definition) is 1. The summed E-state index contributed by atoms with van der Waals surface area (Å²) in [7, 11) is 2.66. The van der Waals surface area contributed by atoms with Gasteiger partial charge in [0.05, 0.1) is 14.2 Å². The highest BCUT2D eigenvalue weighted by Gasteiger charge is 2.24. The summed E-state index contributed by atoms with van der Waals surface area (Å²) in [5.74, 6) is -1.03. The van der Waals surface area contributed by atoms with Gasteiger partial charge in [-0.1, -0.05) is 36.4 Å². The van der Waals surface area contributed by atoms with Crippen LogP contribution in [0.1, 0.15) is 18.1 Å². The van der Waals surface area contributed by atoms with E-state index in [1.54, 1.807) is 31.4 Å². The predicted octanol–water partition coefficient (Wildman–Crippen LogP) is 2.21. The number of ether oxygens (including phenoxy) is 4. The molecule has 0 aliphatic rings. The number of nitrogens with two attached hydrogens (primary N) is 1. The summed E-state index contributed by atoms with van der Waals surface area (Å²) in [6.07, 6.45) is -1.40. The van der Waals surface area contributed by atoms with E-state index in [1.165, 1.54) is 0 Å². The second-order valence-electron chi connectivity index (χ2n) is 5.37. The third-order valence-electron chi connectivity index (χ3n) is 3.55.